The van der Waals surface area contributed by atoms with Crippen LogP contribution in [-0.2, 0) is 9.53 Å². The summed E-state index contributed by atoms with van der Waals surface area (Å²) in [5, 5.41) is 2.80. The first-order valence-electron chi connectivity index (χ1n) is 10.9. The summed E-state index contributed by atoms with van der Waals surface area (Å²) in [6.07, 6.45) is 0. The second-order valence-corrected chi connectivity index (χ2v) is 8.59. The lowest BCUT2D eigenvalue weighted by Gasteiger charge is -2.23. The van der Waals surface area contributed by atoms with E-state index in [4.69, 9.17) is 14.2 Å². The Morgan fingerprint density at radius 3 is 2.51 bits per heavy atom. The van der Waals surface area contributed by atoms with Gasteiger partial charge in [0.05, 0.1) is 43.3 Å². The molecule has 0 saturated heterocycles. The van der Waals surface area contributed by atoms with Crippen LogP contribution < -0.4 is 19.7 Å². The van der Waals surface area contributed by atoms with Crippen LogP contribution in [0.1, 0.15) is 27.6 Å². The van der Waals surface area contributed by atoms with E-state index in [9.17, 15) is 14.4 Å². The molecule has 1 N–H and O–H groups in total. The molecule has 0 fully saturated rings. The van der Waals surface area contributed by atoms with Crippen LogP contribution in [0.5, 0.6) is 11.5 Å². The second kappa shape index (κ2) is 10.5. The summed E-state index contributed by atoms with van der Waals surface area (Å²) in [4.78, 5) is 41.9. The number of esters is 1. The predicted molar refractivity (Wildman–Crippen MR) is 133 cm³/mol. The van der Waals surface area contributed by atoms with Gasteiger partial charge in [0.15, 0.2) is 0 Å². The molecule has 3 aromatic carbocycles. The highest BCUT2D eigenvalue weighted by molar-refractivity contribution is 7.99. The molecule has 4 rings (SSSR count). The number of anilines is 2. The van der Waals surface area contributed by atoms with Gasteiger partial charge >= 0.3 is 5.97 Å². The van der Waals surface area contributed by atoms with Crippen molar-refractivity contribution in [3.8, 4) is 11.5 Å². The van der Waals surface area contributed by atoms with Crippen LogP contribution in [0.2, 0.25) is 0 Å². The van der Waals surface area contributed by atoms with Gasteiger partial charge in [-0.1, -0.05) is 23.9 Å². The molecular weight excluding hydrogens is 468 g/mol. The molecule has 0 radical (unpaired) electrons. The monoisotopic (exact) mass is 492 g/mol. The topological polar surface area (TPSA) is 94.2 Å². The zero-order chi connectivity index (χ0) is 24.9. The smallest absolute Gasteiger partial charge is 0.338 e. The van der Waals surface area contributed by atoms with Gasteiger partial charge in [0, 0.05) is 15.9 Å². The van der Waals surface area contributed by atoms with Crippen LogP contribution in [-0.4, -0.2) is 45.2 Å². The lowest BCUT2D eigenvalue weighted by Crippen LogP contribution is -2.38. The standard InChI is InChI=1S/C26H24N2O6S/c1-4-34-26(31)16-9-12-23-20(13-16)28(25(30)18-7-5-6-8-22(18)35-23)15-24(29)27-19-11-10-17(32-2)14-21(19)33-3/h5-14H,4,15H2,1-3H3,(H,27,29). The summed E-state index contributed by atoms with van der Waals surface area (Å²) in [7, 11) is 3.03. The molecule has 0 aromatic heterocycles. The molecule has 0 saturated carbocycles. The quantitative estimate of drug-likeness (QED) is 0.481. The van der Waals surface area contributed by atoms with Crippen LogP contribution in [0.4, 0.5) is 11.4 Å². The molecule has 9 heteroatoms. The predicted octanol–water partition coefficient (Wildman–Crippen LogP) is 4.63. The highest BCUT2D eigenvalue weighted by Crippen LogP contribution is 2.42. The fraction of sp³-hybridized carbons (Fsp3) is 0.192. The first kappa shape index (κ1) is 24.2. The van der Waals surface area contributed by atoms with Gasteiger partial charge in [-0.15, -0.1) is 0 Å². The maximum Gasteiger partial charge on any atom is 0.338 e. The Balaban J connectivity index is 1.70. The van der Waals surface area contributed by atoms with Crippen molar-refractivity contribution in [1.29, 1.82) is 0 Å². The van der Waals surface area contributed by atoms with Crippen molar-refractivity contribution in [1.82, 2.24) is 0 Å². The SMILES string of the molecule is CCOC(=O)c1ccc2c(c1)N(CC(=O)Nc1ccc(OC)cc1OC)C(=O)c1ccccc1S2. The van der Waals surface area contributed by atoms with Gasteiger partial charge in [0.1, 0.15) is 18.0 Å². The third-order valence-electron chi connectivity index (χ3n) is 5.33. The van der Waals surface area contributed by atoms with E-state index in [1.165, 1.54) is 30.9 Å². The number of methoxy groups -OCH3 is 2. The van der Waals surface area contributed by atoms with Crippen molar-refractivity contribution in [2.45, 2.75) is 16.7 Å². The third-order valence-corrected chi connectivity index (χ3v) is 6.47. The van der Waals surface area contributed by atoms with Crippen molar-refractivity contribution in [3.05, 3.63) is 71.8 Å². The number of nitrogens with one attached hydrogen (secondary N) is 1. The molecule has 0 atom stereocenters. The van der Waals surface area contributed by atoms with Gasteiger partial charge in [-0.2, -0.15) is 0 Å². The third kappa shape index (κ3) is 5.09. The van der Waals surface area contributed by atoms with E-state index in [2.05, 4.69) is 5.32 Å². The number of fused-ring (bicyclic) bond motifs is 2. The minimum atomic E-state index is -0.498. The molecule has 0 spiro atoms. The van der Waals surface area contributed by atoms with Gasteiger partial charge in [-0.25, -0.2) is 4.79 Å². The first-order chi connectivity index (χ1) is 16.9. The number of benzene rings is 3. The molecule has 1 heterocycles. The largest absolute Gasteiger partial charge is 0.497 e. The second-order valence-electron chi connectivity index (χ2n) is 7.51. The molecule has 0 aliphatic carbocycles. The fourth-order valence-corrected chi connectivity index (χ4v) is 4.71. The van der Waals surface area contributed by atoms with E-state index >= 15 is 0 Å². The number of hydrogen-bond donors (Lipinski definition) is 1. The highest BCUT2D eigenvalue weighted by atomic mass is 32.2. The van der Waals surface area contributed by atoms with Crippen molar-refractivity contribution in [2.24, 2.45) is 0 Å². The number of amides is 2. The minimum absolute atomic E-state index is 0.227. The van der Waals surface area contributed by atoms with Crippen LogP contribution in [0.15, 0.2) is 70.5 Å². The van der Waals surface area contributed by atoms with E-state index < -0.39 is 11.9 Å². The number of ether oxygens (including phenoxy) is 3. The highest BCUT2D eigenvalue weighted by Gasteiger charge is 2.30. The maximum atomic E-state index is 13.6. The molecular formula is C26H24N2O6S. The molecule has 1 aliphatic heterocycles. The van der Waals surface area contributed by atoms with Crippen LogP contribution in [0, 0.1) is 0 Å². The van der Waals surface area contributed by atoms with Crippen LogP contribution >= 0.6 is 11.8 Å². The van der Waals surface area contributed by atoms with Crippen molar-refractivity contribution in [3.63, 3.8) is 0 Å². The van der Waals surface area contributed by atoms with E-state index in [1.807, 2.05) is 12.1 Å². The molecule has 3 aromatic rings. The Hall–Kier alpha value is -3.98. The van der Waals surface area contributed by atoms with Gasteiger partial charge in [0.25, 0.3) is 5.91 Å². The summed E-state index contributed by atoms with van der Waals surface area (Å²) in [6, 6.07) is 17.2. The average molecular weight is 493 g/mol. The number of nitrogens with zero attached hydrogens (tertiary/aromatic N) is 1. The van der Waals surface area contributed by atoms with Crippen LogP contribution in [0.25, 0.3) is 0 Å². The molecule has 35 heavy (non-hydrogen) atoms. The van der Waals surface area contributed by atoms with Gasteiger partial charge in [-0.05, 0) is 49.4 Å². The summed E-state index contributed by atoms with van der Waals surface area (Å²) in [5.74, 6) is -0.271. The number of rotatable bonds is 7. The molecule has 180 valence electrons. The number of hydrogen-bond acceptors (Lipinski definition) is 7. The number of carbonyl (C=O) groups is 3. The normalized spacial score (nSPS) is 12.2. The fourth-order valence-electron chi connectivity index (χ4n) is 3.65. The Labute approximate surface area is 207 Å². The van der Waals surface area contributed by atoms with Crippen molar-refractivity contribution >= 4 is 40.9 Å². The summed E-state index contributed by atoms with van der Waals surface area (Å²) >= 11 is 1.41. The lowest BCUT2D eigenvalue weighted by atomic mass is 10.1. The Morgan fingerprint density at radius 2 is 1.77 bits per heavy atom. The van der Waals surface area contributed by atoms with Gasteiger partial charge < -0.3 is 19.5 Å². The Kier molecular flexibility index (Phi) is 7.26. The first-order valence-corrected chi connectivity index (χ1v) is 11.7. The zero-order valence-corrected chi connectivity index (χ0v) is 20.3. The Morgan fingerprint density at radius 1 is 0.971 bits per heavy atom. The summed E-state index contributed by atoms with van der Waals surface area (Å²) in [5.41, 5.74) is 1.67. The van der Waals surface area contributed by atoms with E-state index in [0.29, 0.717) is 34.0 Å². The van der Waals surface area contributed by atoms with Gasteiger partial charge in [0.2, 0.25) is 5.91 Å². The molecule has 0 bridgehead atoms. The maximum absolute atomic E-state index is 13.6. The van der Waals surface area contributed by atoms with Gasteiger partial charge in [-0.3, -0.25) is 14.5 Å². The Bertz CT molecular complexity index is 1290. The zero-order valence-electron chi connectivity index (χ0n) is 19.5. The summed E-state index contributed by atoms with van der Waals surface area (Å²) in [6.45, 7) is 1.68. The molecule has 1 aliphatic rings. The van der Waals surface area contributed by atoms with Crippen LogP contribution in [0.3, 0.4) is 0 Å². The van der Waals surface area contributed by atoms with Crippen molar-refractivity contribution < 1.29 is 28.6 Å². The minimum Gasteiger partial charge on any atom is -0.497 e. The average Bonchev–Trinajstić information content (AvgIpc) is 2.98. The van der Waals surface area contributed by atoms with E-state index in [-0.39, 0.29) is 19.1 Å². The van der Waals surface area contributed by atoms with E-state index in [0.717, 1.165) is 9.79 Å². The van der Waals surface area contributed by atoms with Crippen molar-refractivity contribution in [2.75, 3.05) is 37.6 Å². The number of carbonyl (C=O) groups excluding carboxylic acids is 3. The molecule has 0 unspecified atom stereocenters. The molecule has 2 amide bonds. The lowest BCUT2D eigenvalue weighted by molar-refractivity contribution is -0.114. The molecule has 8 nitrogen and oxygen atoms in total. The summed E-state index contributed by atoms with van der Waals surface area (Å²) < 4.78 is 15.7. The van der Waals surface area contributed by atoms with E-state index in [1.54, 1.807) is 55.5 Å².